The van der Waals surface area contributed by atoms with Crippen molar-refractivity contribution in [1.29, 1.82) is 0 Å². The van der Waals surface area contributed by atoms with Gasteiger partial charge in [0, 0.05) is 23.3 Å². The van der Waals surface area contributed by atoms with E-state index in [2.05, 4.69) is 5.32 Å². The van der Waals surface area contributed by atoms with Crippen LogP contribution in [0, 0.1) is 13.8 Å². The van der Waals surface area contributed by atoms with Crippen molar-refractivity contribution >= 4 is 17.8 Å². The lowest BCUT2D eigenvalue weighted by molar-refractivity contribution is 0.0512. The number of ketones is 1. The first kappa shape index (κ1) is 24.2. The second-order valence-electron chi connectivity index (χ2n) is 8.44. The number of hydrogen-bond donors (Lipinski definition) is 1. The molecule has 0 saturated carbocycles. The average Bonchev–Trinajstić information content (AvgIpc) is 3.25. The van der Waals surface area contributed by atoms with Crippen molar-refractivity contribution in [2.45, 2.75) is 67.1 Å². The quantitative estimate of drug-likeness (QED) is 0.502. The zero-order chi connectivity index (χ0) is 23.3. The molecule has 170 valence electrons. The van der Waals surface area contributed by atoms with Crippen LogP contribution < -0.4 is 5.32 Å². The third-order valence-corrected chi connectivity index (χ3v) is 4.86. The maximum atomic E-state index is 13.3. The number of urea groups is 1. The van der Waals surface area contributed by atoms with E-state index in [0.29, 0.717) is 34.8 Å². The van der Waals surface area contributed by atoms with Crippen LogP contribution >= 0.6 is 0 Å². The number of nitrogens with one attached hydrogen (secondary N) is 1. The molecular weight excluding hydrogens is 398 g/mol. The van der Waals surface area contributed by atoms with E-state index in [1.165, 1.54) is 11.2 Å². The van der Waals surface area contributed by atoms with Crippen molar-refractivity contribution in [3.05, 3.63) is 46.7 Å². The average molecular weight is 432 g/mol. The summed E-state index contributed by atoms with van der Waals surface area (Å²) in [6.45, 7) is 13.6. The summed E-state index contributed by atoms with van der Waals surface area (Å²) in [5.74, 6) is -0.131. The molecular formula is C23H33N3O5. The van der Waals surface area contributed by atoms with Crippen LogP contribution in [0.4, 0.5) is 4.79 Å². The van der Waals surface area contributed by atoms with Crippen LogP contribution in [0.5, 0.6) is 0 Å². The molecule has 0 bridgehead atoms. The van der Waals surface area contributed by atoms with Gasteiger partial charge in [0.1, 0.15) is 11.5 Å². The second kappa shape index (κ2) is 9.85. The SMILES string of the molecule is CCOC(=O)c1c(C)c(C(=O)CN(Cc2ccco2)C(=O)NC(C)(C)C)c(C)n1CC. The fraction of sp³-hybridized carbons (Fsp3) is 0.522. The number of aromatic nitrogens is 1. The molecule has 1 N–H and O–H groups in total. The lowest BCUT2D eigenvalue weighted by Crippen LogP contribution is -2.49. The van der Waals surface area contributed by atoms with E-state index in [1.807, 2.05) is 27.7 Å². The van der Waals surface area contributed by atoms with E-state index in [1.54, 1.807) is 37.5 Å². The molecule has 0 spiro atoms. The summed E-state index contributed by atoms with van der Waals surface area (Å²) >= 11 is 0. The highest BCUT2D eigenvalue weighted by Crippen LogP contribution is 2.24. The Morgan fingerprint density at radius 3 is 2.39 bits per heavy atom. The Hall–Kier alpha value is -3.03. The maximum absolute atomic E-state index is 13.3. The first-order valence-corrected chi connectivity index (χ1v) is 10.5. The van der Waals surface area contributed by atoms with Crippen molar-refractivity contribution in [3.63, 3.8) is 0 Å². The van der Waals surface area contributed by atoms with Gasteiger partial charge in [-0.05, 0) is 66.2 Å². The van der Waals surface area contributed by atoms with Crippen LogP contribution in [0.2, 0.25) is 0 Å². The number of carbonyl (C=O) groups is 3. The van der Waals surface area contributed by atoms with E-state index in [9.17, 15) is 14.4 Å². The molecule has 0 fully saturated rings. The van der Waals surface area contributed by atoms with Crippen LogP contribution in [-0.2, 0) is 17.8 Å². The minimum atomic E-state index is -0.462. The Balaban J connectivity index is 2.38. The maximum Gasteiger partial charge on any atom is 0.355 e. The molecule has 0 saturated heterocycles. The predicted octanol–water partition coefficient (Wildman–Crippen LogP) is 4.09. The van der Waals surface area contributed by atoms with E-state index >= 15 is 0 Å². The molecule has 0 aliphatic rings. The predicted molar refractivity (Wildman–Crippen MR) is 117 cm³/mol. The minimum absolute atomic E-state index is 0.151. The highest BCUT2D eigenvalue weighted by Gasteiger charge is 2.29. The number of rotatable bonds is 8. The van der Waals surface area contributed by atoms with Crippen molar-refractivity contribution in [2.24, 2.45) is 0 Å². The van der Waals surface area contributed by atoms with E-state index in [4.69, 9.17) is 9.15 Å². The number of Topliss-reactive ketones (excluding diaryl/α,β-unsaturated/α-hetero) is 1. The summed E-state index contributed by atoms with van der Waals surface area (Å²) < 4.78 is 12.3. The van der Waals surface area contributed by atoms with Crippen LogP contribution in [-0.4, -0.2) is 45.9 Å². The Labute approximate surface area is 183 Å². The Kier molecular flexibility index (Phi) is 7.70. The molecule has 0 atom stereocenters. The first-order chi connectivity index (χ1) is 14.5. The molecule has 8 nitrogen and oxygen atoms in total. The van der Waals surface area contributed by atoms with Gasteiger partial charge in [-0.3, -0.25) is 4.79 Å². The molecule has 0 aliphatic heterocycles. The van der Waals surface area contributed by atoms with Crippen LogP contribution in [0.3, 0.4) is 0 Å². The third-order valence-electron chi connectivity index (χ3n) is 4.86. The van der Waals surface area contributed by atoms with Gasteiger partial charge in [-0.25, -0.2) is 9.59 Å². The summed E-state index contributed by atoms with van der Waals surface area (Å²) in [6, 6.07) is 3.12. The number of carbonyl (C=O) groups excluding carboxylic acids is 3. The van der Waals surface area contributed by atoms with Crippen LogP contribution in [0.1, 0.15) is 72.5 Å². The molecule has 0 unspecified atom stereocenters. The first-order valence-electron chi connectivity index (χ1n) is 10.5. The lowest BCUT2D eigenvalue weighted by Gasteiger charge is -2.27. The van der Waals surface area contributed by atoms with Gasteiger partial charge in [-0.15, -0.1) is 0 Å². The molecule has 2 aromatic heterocycles. The molecule has 8 heteroatoms. The standard InChI is InChI=1S/C23H33N3O5/c1-8-26-16(4)19(15(3)20(26)21(28)30-9-2)18(27)14-25(13-17-11-10-12-31-17)22(29)24-23(5,6)7/h10-12H,8-9,13-14H2,1-7H3,(H,24,29). The lowest BCUT2D eigenvalue weighted by atomic mass is 10.0. The molecule has 2 amide bonds. The van der Waals surface area contributed by atoms with Crippen molar-refractivity contribution in [1.82, 2.24) is 14.8 Å². The molecule has 0 aromatic carbocycles. The Bertz CT molecular complexity index is 936. The number of amides is 2. The number of nitrogens with zero attached hydrogens (tertiary/aromatic N) is 2. The van der Waals surface area contributed by atoms with Crippen molar-refractivity contribution in [3.8, 4) is 0 Å². The van der Waals surface area contributed by atoms with Crippen LogP contribution in [0.15, 0.2) is 22.8 Å². The molecule has 2 rings (SSSR count). The zero-order valence-corrected chi connectivity index (χ0v) is 19.5. The molecule has 31 heavy (non-hydrogen) atoms. The summed E-state index contributed by atoms with van der Waals surface area (Å²) in [5.41, 5.74) is 1.61. The highest BCUT2D eigenvalue weighted by atomic mass is 16.5. The number of ether oxygens (including phenoxy) is 1. The van der Waals surface area contributed by atoms with E-state index in [0.717, 1.165) is 0 Å². The van der Waals surface area contributed by atoms with Crippen molar-refractivity contribution in [2.75, 3.05) is 13.2 Å². The number of hydrogen-bond acceptors (Lipinski definition) is 5. The largest absolute Gasteiger partial charge is 0.467 e. The zero-order valence-electron chi connectivity index (χ0n) is 19.5. The van der Waals surface area contributed by atoms with E-state index in [-0.39, 0.29) is 31.5 Å². The monoisotopic (exact) mass is 431 g/mol. The van der Waals surface area contributed by atoms with Gasteiger partial charge in [-0.2, -0.15) is 0 Å². The topological polar surface area (TPSA) is 93.8 Å². The summed E-state index contributed by atoms with van der Waals surface area (Å²) in [6.07, 6.45) is 1.53. The smallest absolute Gasteiger partial charge is 0.355 e. The molecule has 2 aromatic rings. The summed E-state index contributed by atoms with van der Waals surface area (Å²) in [4.78, 5) is 40.1. The summed E-state index contributed by atoms with van der Waals surface area (Å²) in [5, 5.41) is 2.89. The Morgan fingerprint density at radius 2 is 1.87 bits per heavy atom. The summed E-state index contributed by atoms with van der Waals surface area (Å²) in [7, 11) is 0. The molecule has 0 radical (unpaired) electrons. The fourth-order valence-corrected chi connectivity index (χ4v) is 3.61. The van der Waals surface area contributed by atoms with Gasteiger partial charge in [0.05, 0.1) is 26.0 Å². The number of furan rings is 1. The second-order valence-corrected chi connectivity index (χ2v) is 8.44. The normalized spacial score (nSPS) is 11.3. The van der Waals surface area contributed by atoms with Gasteiger partial charge in [0.25, 0.3) is 0 Å². The third kappa shape index (κ3) is 5.77. The fourth-order valence-electron chi connectivity index (χ4n) is 3.61. The van der Waals surface area contributed by atoms with Crippen molar-refractivity contribution < 1.29 is 23.5 Å². The van der Waals surface area contributed by atoms with Gasteiger partial charge in [-0.1, -0.05) is 0 Å². The molecule has 0 aliphatic carbocycles. The number of esters is 1. The van der Waals surface area contributed by atoms with Crippen LogP contribution in [0.25, 0.3) is 0 Å². The molecule has 2 heterocycles. The highest BCUT2D eigenvalue weighted by molar-refractivity contribution is 6.04. The van der Waals surface area contributed by atoms with Gasteiger partial charge >= 0.3 is 12.0 Å². The van der Waals surface area contributed by atoms with Gasteiger partial charge in [0.15, 0.2) is 5.78 Å². The van der Waals surface area contributed by atoms with Gasteiger partial charge < -0.3 is 23.9 Å². The Morgan fingerprint density at radius 1 is 1.19 bits per heavy atom. The van der Waals surface area contributed by atoms with E-state index < -0.39 is 11.5 Å². The minimum Gasteiger partial charge on any atom is -0.467 e. The van der Waals surface area contributed by atoms with Gasteiger partial charge in [0.2, 0.25) is 0 Å².